The second-order valence-electron chi connectivity index (χ2n) is 3.57. The van der Waals surface area contributed by atoms with Crippen LogP contribution in [-0.2, 0) is 0 Å². The topological polar surface area (TPSA) is 0 Å². The Kier molecular flexibility index (Phi) is 3.47. The van der Waals surface area contributed by atoms with Gasteiger partial charge in [-0.3, -0.25) is 0 Å². The van der Waals surface area contributed by atoms with Crippen molar-refractivity contribution in [3.05, 3.63) is 66.3 Å². The highest BCUT2D eigenvalue weighted by molar-refractivity contribution is 5.72. The summed E-state index contributed by atoms with van der Waals surface area (Å²) in [7, 11) is 0. The molecule has 14 heavy (non-hydrogen) atoms. The van der Waals surface area contributed by atoms with Crippen LogP contribution in [0.4, 0.5) is 0 Å². The van der Waals surface area contributed by atoms with Gasteiger partial charge in [-0.05, 0) is 25.0 Å². The summed E-state index contributed by atoms with van der Waals surface area (Å²) in [5.41, 5.74) is 4.49. The number of allylic oxidation sites excluding steroid dienone is 4. The Morgan fingerprint density at radius 2 is 1.64 bits per heavy atom. The third kappa shape index (κ3) is 3.06. The van der Waals surface area contributed by atoms with Crippen molar-refractivity contribution in [1.29, 1.82) is 0 Å². The molecule has 1 rings (SSSR count). The molecule has 0 spiro atoms. The largest absolute Gasteiger partial charge is 0.0961 e. The van der Waals surface area contributed by atoms with E-state index < -0.39 is 0 Å². The molecule has 0 heteroatoms. The van der Waals surface area contributed by atoms with E-state index in [1.165, 1.54) is 5.56 Å². The van der Waals surface area contributed by atoms with E-state index in [0.29, 0.717) is 0 Å². The summed E-state index contributed by atoms with van der Waals surface area (Å²) in [5.74, 6) is 0. The Morgan fingerprint density at radius 1 is 1.07 bits per heavy atom. The minimum atomic E-state index is 1.02. The maximum Gasteiger partial charge on any atom is -0.0190 e. The molecule has 0 saturated heterocycles. The van der Waals surface area contributed by atoms with Crippen LogP contribution in [0.1, 0.15) is 18.1 Å². The van der Waals surface area contributed by atoms with E-state index in [1.807, 2.05) is 19.1 Å². The Bertz CT molecular complexity index is 364. The second kappa shape index (κ2) is 4.61. The highest BCUT2D eigenvalue weighted by Crippen LogP contribution is 2.14. The maximum atomic E-state index is 4.00. The normalized spacial score (nSPS) is 10.4. The molecule has 1 aromatic rings. The van der Waals surface area contributed by atoms with E-state index >= 15 is 0 Å². The molecule has 0 saturated carbocycles. The lowest BCUT2D eigenvalue weighted by molar-refractivity contribution is 1.45. The Balaban J connectivity index is 2.80. The van der Waals surface area contributed by atoms with Gasteiger partial charge in [0.1, 0.15) is 0 Å². The second-order valence-corrected chi connectivity index (χ2v) is 3.57. The van der Waals surface area contributed by atoms with Crippen molar-refractivity contribution in [2.45, 2.75) is 13.8 Å². The highest BCUT2D eigenvalue weighted by Gasteiger charge is 1.93. The lowest BCUT2D eigenvalue weighted by atomic mass is 10.1. The fraction of sp³-hybridized carbons (Fsp3) is 0.143. The number of hydrogen-bond acceptors (Lipinski definition) is 0. The first-order valence-corrected chi connectivity index (χ1v) is 4.69. The standard InChI is InChI=1S/C14H16/c1-11(2)5-8-13(4)14-9-6-12(3)7-10-14/h5-10H,1,4H2,2-3H3. The van der Waals surface area contributed by atoms with Gasteiger partial charge >= 0.3 is 0 Å². The van der Waals surface area contributed by atoms with Gasteiger partial charge in [0.05, 0.1) is 0 Å². The molecule has 0 aromatic heterocycles. The van der Waals surface area contributed by atoms with E-state index in [9.17, 15) is 0 Å². The van der Waals surface area contributed by atoms with Crippen LogP contribution in [0.15, 0.2) is 55.1 Å². The molecule has 0 aliphatic rings. The Labute approximate surface area is 86.3 Å². The van der Waals surface area contributed by atoms with E-state index in [-0.39, 0.29) is 0 Å². The van der Waals surface area contributed by atoms with Crippen molar-refractivity contribution in [3.8, 4) is 0 Å². The first kappa shape index (κ1) is 10.5. The summed E-state index contributed by atoms with van der Waals surface area (Å²) in [5, 5.41) is 0. The highest BCUT2D eigenvalue weighted by atomic mass is 14.0. The molecule has 72 valence electrons. The minimum absolute atomic E-state index is 1.02. The van der Waals surface area contributed by atoms with Crippen LogP contribution >= 0.6 is 0 Å². The number of benzene rings is 1. The van der Waals surface area contributed by atoms with Gasteiger partial charge in [-0.1, -0.05) is 60.7 Å². The quantitative estimate of drug-likeness (QED) is 0.619. The molecule has 0 aliphatic heterocycles. The summed E-state index contributed by atoms with van der Waals surface area (Å²) in [6.07, 6.45) is 3.97. The van der Waals surface area contributed by atoms with Crippen LogP contribution in [0.25, 0.3) is 5.57 Å². The molecule has 1 aromatic carbocycles. The fourth-order valence-corrected chi connectivity index (χ4v) is 1.11. The van der Waals surface area contributed by atoms with E-state index in [2.05, 4.69) is 44.3 Å². The first-order valence-electron chi connectivity index (χ1n) is 4.69. The molecular formula is C14H16. The fourth-order valence-electron chi connectivity index (χ4n) is 1.11. The van der Waals surface area contributed by atoms with Gasteiger partial charge in [0.15, 0.2) is 0 Å². The monoisotopic (exact) mass is 184 g/mol. The van der Waals surface area contributed by atoms with Crippen LogP contribution in [0.3, 0.4) is 0 Å². The zero-order chi connectivity index (χ0) is 10.6. The molecule has 0 radical (unpaired) electrons. The number of hydrogen-bond donors (Lipinski definition) is 0. The summed E-state index contributed by atoms with van der Waals surface area (Å²) >= 11 is 0. The van der Waals surface area contributed by atoms with E-state index in [4.69, 9.17) is 0 Å². The predicted octanol–water partition coefficient (Wildman–Crippen LogP) is 4.14. The number of aryl methyl sites for hydroxylation is 1. The molecule has 0 amide bonds. The van der Waals surface area contributed by atoms with Crippen LogP contribution in [0, 0.1) is 6.92 Å². The van der Waals surface area contributed by atoms with Crippen molar-refractivity contribution in [2.24, 2.45) is 0 Å². The van der Waals surface area contributed by atoms with Crippen LogP contribution in [0.5, 0.6) is 0 Å². The third-order valence-corrected chi connectivity index (χ3v) is 1.99. The molecule has 0 N–H and O–H groups in total. The summed E-state index contributed by atoms with van der Waals surface area (Å²) in [4.78, 5) is 0. The van der Waals surface area contributed by atoms with Crippen molar-refractivity contribution in [2.75, 3.05) is 0 Å². The SMILES string of the molecule is C=C(C)C=CC(=C)c1ccc(C)cc1. The molecule has 0 nitrogen and oxygen atoms in total. The van der Waals surface area contributed by atoms with Crippen LogP contribution in [-0.4, -0.2) is 0 Å². The lowest BCUT2D eigenvalue weighted by Crippen LogP contribution is -1.79. The summed E-state index contributed by atoms with van der Waals surface area (Å²) in [6, 6.07) is 8.35. The Hall–Kier alpha value is -1.56. The van der Waals surface area contributed by atoms with Crippen molar-refractivity contribution < 1.29 is 0 Å². The maximum absolute atomic E-state index is 4.00. The summed E-state index contributed by atoms with van der Waals surface area (Å²) in [6.45, 7) is 11.9. The van der Waals surface area contributed by atoms with Crippen molar-refractivity contribution >= 4 is 5.57 Å². The predicted molar refractivity (Wildman–Crippen MR) is 64.2 cm³/mol. The minimum Gasteiger partial charge on any atom is -0.0961 e. The first-order chi connectivity index (χ1) is 6.59. The molecular weight excluding hydrogens is 168 g/mol. The van der Waals surface area contributed by atoms with E-state index in [0.717, 1.165) is 16.7 Å². The van der Waals surface area contributed by atoms with Crippen LogP contribution < -0.4 is 0 Å². The lowest BCUT2D eigenvalue weighted by Gasteiger charge is -2.00. The van der Waals surface area contributed by atoms with E-state index in [1.54, 1.807) is 0 Å². The molecule has 0 atom stereocenters. The van der Waals surface area contributed by atoms with Gasteiger partial charge in [-0.2, -0.15) is 0 Å². The van der Waals surface area contributed by atoms with Gasteiger partial charge in [-0.25, -0.2) is 0 Å². The Morgan fingerprint density at radius 3 is 2.14 bits per heavy atom. The smallest absolute Gasteiger partial charge is 0.0190 e. The number of rotatable bonds is 3. The zero-order valence-corrected chi connectivity index (χ0v) is 8.88. The average Bonchev–Trinajstić information content (AvgIpc) is 2.15. The van der Waals surface area contributed by atoms with Gasteiger partial charge in [0.25, 0.3) is 0 Å². The molecule has 0 aliphatic carbocycles. The molecule has 0 heterocycles. The van der Waals surface area contributed by atoms with Gasteiger partial charge in [0.2, 0.25) is 0 Å². The average molecular weight is 184 g/mol. The summed E-state index contributed by atoms with van der Waals surface area (Å²) < 4.78 is 0. The van der Waals surface area contributed by atoms with Gasteiger partial charge < -0.3 is 0 Å². The molecule has 0 unspecified atom stereocenters. The molecule has 0 bridgehead atoms. The van der Waals surface area contributed by atoms with Gasteiger partial charge in [-0.15, -0.1) is 0 Å². The van der Waals surface area contributed by atoms with Crippen LogP contribution in [0.2, 0.25) is 0 Å². The zero-order valence-electron chi connectivity index (χ0n) is 8.88. The van der Waals surface area contributed by atoms with Crippen molar-refractivity contribution in [1.82, 2.24) is 0 Å². The van der Waals surface area contributed by atoms with Crippen molar-refractivity contribution in [3.63, 3.8) is 0 Å². The van der Waals surface area contributed by atoms with Gasteiger partial charge in [0, 0.05) is 0 Å². The molecule has 0 fully saturated rings. The third-order valence-electron chi connectivity index (χ3n) is 1.99.